The van der Waals surface area contributed by atoms with Gasteiger partial charge in [0, 0.05) is 17.1 Å². The number of hydrogen-bond donors (Lipinski definition) is 1. The van der Waals surface area contributed by atoms with Crippen LogP contribution in [0.3, 0.4) is 0 Å². The first kappa shape index (κ1) is 18.7. The zero-order chi connectivity index (χ0) is 19.1. The number of amides is 2. The highest BCUT2D eigenvalue weighted by atomic mass is 35.5. The van der Waals surface area contributed by atoms with E-state index in [0.717, 1.165) is 4.31 Å². The Labute approximate surface area is 160 Å². The predicted octanol–water partition coefficient (Wildman–Crippen LogP) is 3.80. The Kier molecular flexibility index (Phi) is 4.96. The van der Waals surface area contributed by atoms with Gasteiger partial charge in [0.2, 0.25) is 0 Å². The predicted molar refractivity (Wildman–Crippen MR) is 99.4 cm³/mol. The van der Waals surface area contributed by atoms with Crippen molar-refractivity contribution in [1.29, 1.82) is 0 Å². The Morgan fingerprint density at radius 1 is 1.15 bits per heavy atom. The maximum absolute atomic E-state index is 12.5. The van der Waals surface area contributed by atoms with Crippen LogP contribution in [0.15, 0.2) is 41.3 Å². The van der Waals surface area contributed by atoms with Crippen LogP contribution < -0.4 is 5.32 Å². The van der Waals surface area contributed by atoms with Crippen LogP contribution in [0.25, 0.3) is 0 Å². The zero-order valence-corrected chi connectivity index (χ0v) is 16.0. The third-order valence-corrected chi connectivity index (χ3v) is 6.24. The molecule has 0 atom stereocenters. The maximum Gasteiger partial charge on any atom is 0.269 e. The Bertz CT molecular complexity index is 1020. The smallest absolute Gasteiger partial charge is 0.269 e. The second kappa shape index (κ2) is 6.90. The van der Waals surface area contributed by atoms with Gasteiger partial charge in [0.1, 0.15) is 4.90 Å². The van der Waals surface area contributed by atoms with Gasteiger partial charge in [0.05, 0.1) is 16.3 Å². The number of carbonyl (C=O) groups is 2. The SMILES string of the molecule is CCCN1C(=O)c2ccc(C(=O)Nc3ccc(Cl)cc3Cl)cc2S1(=O)=O. The highest BCUT2D eigenvalue weighted by molar-refractivity contribution is 7.90. The molecule has 1 aliphatic rings. The summed E-state index contributed by atoms with van der Waals surface area (Å²) in [6, 6.07) is 8.55. The molecule has 0 bridgehead atoms. The summed E-state index contributed by atoms with van der Waals surface area (Å²) in [6.07, 6.45) is 0.501. The molecule has 2 aromatic carbocycles. The summed E-state index contributed by atoms with van der Waals surface area (Å²) in [5.41, 5.74) is 0.511. The second-order valence-corrected chi connectivity index (χ2v) is 8.35. The largest absolute Gasteiger partial charge is 0.321 e. The summed E-state index contributed by atoms with van der Waals surface area (Å²) >= 11 is 11.8. The van der Waals surface area contributed by atoms with E-state index in [1.54, 1.807) is 19.1 Å². The summed E-state index contributed by atoms with van der Waals surface area (Å²) in [7, 11) is -3.94. The lowest BCUT2D eigenvalue weighted by atomic mass is 10.1. The molecule has 1 N–H and O–H groups in total. The van der Waals surface area contributed by atoms with Crippen LogP contribution in [-0.2, 0) is 10.0 Å². The molecule has 2 amide bonds. The minimum Gasteiger partial charge on any atom is -0.321 e. The molecular weight excluding hydrogens is 399 g/mol. The van der Waals surface area contributed by atoms with E-state index in [2.05, 4.69) is 5.32 Å². The second-order valence-electron chi connectivity index (χ2n) is 5.67. The van der Waals surface area contributed by atoms with E-state index in [-0.39, 0.29) is 27.6 Å². The van der Waals surface area contributed by atoms with Crippen LogP contribution in [0.4, 0.5) is 5.69 Å². The normalized spacial score (nSPS) is 15.0. The zero-order valence-electron chi connectivity index (χ0n) is 13.6. The summed E-state index contributed by atoms with van der Waals surface area (Å²) in [4.78, 5) is 24.6. The number of carbonyl (C=O) groups excluding carboxylic acids is 2. The van der Waals surface area contributed by atoms with Crippen molar-refractivity contribution < 1.29 is 18.0 Å². The van der Waals surface area contributed by atoms with E-state index >= 15 is 0 Å². The molecule has 3 rings (SSSR count). The molecule has 6 nitrogen and oxygen atoms in total. The summed E-state index contributed by atoms with van der Waals surface area (Å²) < 4.78 is 25.9. The van der Waals surface area contributed by atoms with Crippen molar-refractivity contribution >= 4 is 50.7 Å². The minimum absolute atomic E-state index is 0.0690. The van der Waals surface area contributed by atoms with Gasteiger partial charge in [-0.3, -0.25) is 9.59 Å². The lowest BCUT2D eigenvalue weighted by Gasteiger charge is -2.13. The van der Waals surface area contributed by atoms with Gasteiger partial charge in [-0.05, 0) is 42.8 Å². The number of sulfonamides is 1. The number of fused-ring (bicyclic) bond motifs is 1. The van der Waals surface area contributed by atoms with Crippen molar-refractivity contribution in [3.63, 3.8) is 0 Å². The molecular formula is C17H14Cl2N2O4S. The van der Waals surface area contributed by atoms with E-state index in [1.807, 2.05) is 0 Å². The Morgan fingerprint density at radius 2 is 1.88 bits per heavy atom. The van der Waals surface area contributed by atoms with Crippen LogP contribution in [0.1, 0.15) is 34.1 Å². The van der Waals surface area contributed by atoms with Crippen LogP contribution in [0.2, 0.25) is 10.0 Å². The Balaban J connectivity index is 1.94. The van der Waals surface area contributed by atoms with Crippen molar-refractivity contribution in [2.45, 2.75) is 18.2 Å². The van der Waals surface area contributed by atoms with Gasteiger partial charge in [-0.15, -0.1) is 0 Å². The first-order valence-electron chi connectivity index (χ1n) is 7.73. The van der Waals surface area contributed by atoms with Gasteiger partial charge in [-0.1, -0.05) is 30.1 Å². The number of rotatable bonds is 4. The number of nitrogens with zero attached hydrogens (tertiary/aromatic N) is 1. The van der Waals surface area contributed by atoms with Crippen LogP contribution >= 0.6 is 23.2 Å². The summed E-state index contributed by atoms with van der Waals surface area (Å²) in [5.74, 6) is -1.12. The van der Waals surface area contributed by atoms with Crippen LogP contribution in [-0.4, -0.2) is 31.1 Å². The van der Waals surface area contributed by atoms with Crippen molar-refractivity contribution in [1.82, 2.24) is 4.31 Å². The van der Waals surface area contributed by atoms with Gasteiger partial charge in [0.25, 0.3) is 21.8 Å². The molecule has 0 radical (unpaired) electrons. The molecule has 0 saturated carbocycles. The molecule has 0 aliphatic carbocycles. The third kappa shape index (κ3) is 3.18. The molecule has 1 heterocycles. The van der Waals surface area contributed by atoms with Gasteiger partial charge in [0.15, 0.2) is 0 Å². The maximum atomic E-state index is 12.5. The number of hydrogen-bond acceptors (Lipinski definition) is 4. The van der Waals surface area contributed by atoms with Gasteiger partial charge < -0.3 is 5.32 Å². The third-order valence-electron chi connectivity index (χ3n) is 3.87. The molecule has 0 spiro atoms. The van der Waals surface area contributed by atoms with Crippen molar-refractivity contribution in [3.8, 4) is 0 Å². The molecule has 0 saturated heterocycles. The van der Waals surface area contributed by atoms with Crippen molar-refractivity contribution in [3.05, 3.63) is 57.6 Å². The monoisotopic (exact) mass is 412 g/mol. The number of halogens is 2. The van der Waals surface area contributed by atoms with E-state index in [0.29, 0.717) is 17.1 Å². The molecule has 2 aromatic rings. The van der Waals surface area contributed by atoms with Gasteiger partial charge in [-0.25, -0.2) is 12.7 Å². The number of benzene rings is 2. The molecule has 26 heavy (non-hydrogen) atoms. The van der Waals surface area contributed by atoms with Gasteiger partial charge in [-0.2, -0.15) is 0 Å². The molecule has 0 aromatic heterocycles. The topological polar surface area (TPSA) is 83.6 Å². The van der Waals surface area contributed by atoms with E-state index < -0.39 is 21.8 Å². The minimum atomic E-state index is -3.94. The Morgan fingerprint density at radius 3 is 2.54 bits per heavy atom. The first-order valence-corrected chi connectivity index (χ1v) is 9.93. The van der Waals surface area contributed by atoms with Crippen LogP contribution in [0, 0.1) is 0 Å². The lowest BCUT2D eigenvalue weighted by molar-refractivity contribution is 0.0870. The fourth-order valence-electron chi connectivity index (χ4n) is 2.63. The molecule has 1 aliphatic heterocycles. The van der Waals surface area contributed by atoms with E-state index in [1.165, 1.54) is 24.3 Å². The average molecular weight is 413 g/mol. The molecule has 0 fully saturated rings. The lowest BCUT2D eigenvalue weighted by Crippen LogP contribution is -2.30. The van der Waals surface area contributed by atoms with Crippen molar-refractivity contribution in [2.75, 3.05) is 11.9 Å². The van der Waals surface area contributed by atoms with E-state index in [4.69, 9.17) is 23.2 Å². The molecule has 9 heteroatoms. The fraction of sp³-hybridized carbons (Fsp3) is 0.176. The Hall–Kier alpha value is -2.09. The standard InChI is InChI=1S/C17H14Cl2N2O4S/c1-2-7-21-17(23)12-5-3-10(8-15(12)26(21,24)25)16(22)20-14-6-4-11(18)9-13(14)19/h3-6,8-9H,2,7H2,1H3,(H,20,22). The highest BCUT2D eigenvalue weighted by Gasteiger charge is 2.40. The first-order chi connectivity index (χ1) is 12.3. The number of nitrogens with one attached hydrogen (secondary N) is 1. The van der Waals surface area contributed by atoms with E-state index in [9.17, 15) is 18.0 Å². The summed E-state index contributed by atoms with van der Waals surface area (Å²) in [6.45, 7) is 1.87. The molecule has 136 valence electrons. The van der Waals surface area contributed by atoms with Gasteiger partial charge >= 0.3 is 0 Å². The molecule has 0 unspecified atom stereocenters. The van der Waals surface area contributed by atoms with Crippen LogP contribution in [0.5, 0.6) is 0 Å². The van der Waals surface area contributed by atoms with Crippen molar-refractivity contribution in [2.24, 2.45) is 0 Å². The fourth-order valence-corrected chi connectivity index (χ4v) is 4.77. The number of anilines is 1. The average Bonchev–Trinajstić information content (AvgIpc) is 2.78. The highest BCUT2D eigenvalue weighted by Crippen LogP contribution is 2.32. The summed E-state index contributed by atoms with van der Waals surface area (Å²) in [5, 5.41) is 3.27. The quantitative estimate of drug-likeness (QED) is 0.827.